The first-order valence-corrected chi connectivity index (χ1v) is 9.29. The van der Waals surface area contributed by atoms with E-state index in [9.17, 15) is 0 Å². The number of hydrogen-bond donors (Lipinski definition) is 1. The standard InChI is InChI=1S/C20H24N4O3/c1-13-17(14(2)26-23-13)12-25-16-7-5-15(6-8-16)11-18-22-19(24-27-18)20(21)9-3-4-10-20/h5-8H,3-4,9-12,21H2,1-2H3. The Bertz CT molecular complexity index is 888. The highest BCUT2D eigenvalue weighted by Crippen LogP contribution is 2.34. The minimum atomic E-state index is -0.419. The Morgan fingerprint density at radius 1 is 1.07 bits per heavy atom. The quantitative estimate of drug-likeness (QED) is 0.710. The molecule has 4 rings (SSSR count). The third kappa shape index (κ3) is 3.73. The van der Waals surface area contributed by atoms with Gasteiger partial charge in [0.1, 0.15) is 18.1 Å². The topological polar surface area (TPSA) is 100 Å². The largest absolute Gasteiger partial charge is 0.489 e. The molecule has 2 aromatic heterocycles. The molecule has 0 radical (unpaired) electrons. The molecule has 3 aromatic rings. The maximum Gasteiger partial charge on any atom is 0.231 e. The van der Waals surface area contributed by atoms with Crippen molar-refractivity contribution in [3.8, 4) is 5.75 Å². The summed E-state index contributed by atoms with van der Waals surface area (Å²) in [6, 6.07) is 7.87. The molecular weight excluding hydrogens is 344 g/mol. The van der Waals surface area contributed by atoms with Crippen LogP contribution in [0.1, 0.15) is 60.0 Å². The van der Waals surface area contributed by atoms with Crippen LogP contribution in [0.4, 0.5) is 0 Å². The van der Waals surface area contributed by atoms with Gasteiger partial charge in [0.2, 0.25) is 5.89 Å². The fourth-order valence-electron chi connectivity index (χ4n) is 3.50. The van der Waals surface area contributed by atoms with Crippen LogP contribution in [0, 0.1) is 13.8 Å². The molecule has 0 bridgehead atoms. The average Bonchev–Trinajstić information content (AvgIpc) is 3.38. The number of nitrogens with two attached hydrogens (primary N) is 1. The molecule has 0 saturated heterocycles. The molecule has 0 amide bonds. The number of aryl methyl sites for hydroxylation is 2. The van der Waals surface area contributed by atoms with Crippen molar-refractivity contribution in [3.05, 3.63) is 58.6 Å². The summed E-state index contributed by atoms with van der Waals surface area (Å²) >= 11 is 0. The van der Waals surface area contributed by atoms with Crippen molar-refractivity contribution < 1.29 is 13.8 Å². The van der Waals surface area contributed by atoms with Crippen molar-refractivity contribution in [2.45, 2.75) is 58.1 Å². The zero-order valence-corrected chi connectivity index (χ0v) is 15.7. The molecule has 7 nitrogen and oxygen atoms in total. The highest BCUT2D eigenvalue weighted by Gasteiger charge is 2.35. The van der Waals surface area contributed by atoms with Crippen LogP contribution >= 0.6 is 0 Å². The maximum atomic E-state index is 6.39. The summed E-state index contributed by atoms with van der Waals surface area (Å²) in [6.07, 6.45) is 4.66. The second kappa shape index (κ2) is 7.15. The molecule has 0 atom stereocenters. The molecule has 7 heteroatoms. The van der Waals surface area contributed by atoms with Gasteiger partial charge in [-0.05, 0) is 44.4 Å². The summed E-state index contributed by atoms with van der Waals surface area (Å²) in [5.74, 6) is 2.80. The second-order valence-electron chi connectivity index (χ2n) is 7.29. The average molecular weight is 368 g/mol. The van der Waals surface area contributed by atoms with Crippen molar-refractivity contribution in [2.75, 3.05) is 0 Å². The normalized spacial score (nSPS) is 16.0. The first-order valence-electron chi connectivity index (χ1n) is 9.29. The number of ether oxygens (including phenoxy) is 1. The Morgan fingerprint density at radius 2 is 1.81 bits per heavy atom. The Hall–Kier alpha value is -2.67. The van der Waals surface area contributed by atoms with Crippen molar-refractivity contribution in [2.24, 2.45) is 5.73 Å². The number of hydrogen-bond acceptors (Lipinski definition) is 7. The molecule has 1 aliphatic rings. The monoisotopic (exact) mass is 368 g/mol. The van der Waals surface area contributed by atoms with Crippen molar-refractivity contribution in [3.63, 3.8) is 0 Å². The van der Waals surface area contributed by atoms with Gasteiger partial charge < -0.3 is 19.5 Å². The lowest BCUT2D eigenvalue weighted by atomic mass is 9.99. The molecule has 0 spiro atoms. The SMILES string of the molecule is Cc1noc(C)c1COc1ccc(Cc2nc(C3(N)CCCC3)no2)cc1. The Labute approximate surface area is 157 Å². The van der Waals surface area contributed by atoms with E-state index >= 15 is 0 Å². The zero-order chi connectivity index (χ0) is 18.9. The van der Waals surface area contributed by atoms with Gasteiger partial charge in [-0.3, -0.25) is 0 Å². The highest BCUT2D eigenvalue weighted by molar-refractivity contribution is 5.29. The van der Waals surface area contributed by atoms with Gasteiger partial charge in [-0.2, -0.15) is 4.98 Å². The summed E-state index contributed by atoms with van der Waals surface area (Å²) < 4.78 is 16.4. The predicted molar refractivity (Wildman–Crippen MR) is 98.2 cm³/mol. The fraction of sp³-hybridized carbons (Fsp3) is 0.450. The van der Waals surface area contributed by atoms with E-state index in [2.05, 4.69) is 15.3 Å². The van der Waals surface area contributed by atoms with Gasteiger partial charge in [0.25, 0.3) is 0 Å². The van der Waals surface area contributed by atoms with Crippen LogP contribution in [0.2, 0.25) is 0 Å². The molecule has 0 aliphatic heterocycles. The van der Waals surface area contributed by atoms with Crippen molar-refractivity contribution >= 4 is 0 Å². The maximum absolute atomic E-state index is 6.39. The molecule has 142 valence electrons. The number of nitrogens with zero attached hydrogens (tertiary/aromatic N) is 3. The Balaban J connectivity index is 1.37. The number of rotatable bonds is 6. The van der Waals surface area contributed by atoms with Gasteiger partial charge in [0.15, 0.2) is 5.82 Å². The summed E-state index contributed by atoms with van der Waals surface area (Å²) in [4.78, 5) is 4.52. The van der Waals surface area contributed by atoms with Gasteiger partial charge >= 0.3 is 0 Å². The number of aromatic nitrogens is 3. The molecule has 0 unspecified atom stereocenters. The molecule has 1 fully saturated rings. The summed E-state index contributed by atoms with van der Waals surface area (Å²) in [5.41, 5.74) is 8.89. The van der Waals surface area contributed by atoms with Crippen LogP contribution in [0.5, 0.6) is 5.75 Å². The molecule has 2 N–H and O–H groups in total. The van der Waals surface area contributed by atoms with Gasteiger partial charge in [0, 0.05) is 0 Å². The molecule has 27 heavy (non-hydrogen) atoms. The Morgan fingerprint density at radius 3 is 2.48 bits per heavy atom. The van der Waals surface area contributed by atoms with E-state index in [0.29, 0.717) is 24.7 Å². The first-order chi connectivity index (χ1) is 13.0. The smallest absolute Gasteiger partial charge is 0.231 e. The van der Waals surface area contributed by atoms with Crippen molar-refractivity contribution in [1.29, 1.82) is 0 Å². The minimum absolute atomic E-state index is 0.419. The van der Waals surface area contributed by atoms with Crippen LogP contribution < -0.4 is 10.5 Å². The molecule has 2 heterocycles. The molecule has 1 saturated carbocycles. The van der Waals surface area contributed by atoms with E-state index in [1.807, 2.05) is 38.1 Å². The van der Waals surface area contributed by atoms with Crippen LogP contribution in [-0.2, 0) is 18.6 Å². The first kappa shape index (κ1) is 17.7. The van der Waals surface area contributed by atoms with Gasteiger partial charge in [-0.25, -0.2) is 0 Å². The summed E-state index contributed by atoms with van der Waals surface area (Å²) in [7, 11) is 0. The summed E-state index contributed by atoms with van der Waals surface area (Å²) in [5, 5.41) is 8.04. The summed E-state index contributed by atoms with van der Waals surface area (Å²) in [6.45, 7) is 4.23. The van der Waals surface area contributed by atoms with Crippen LogP contribution in [0.3, 0.4) is 0 Å². The highest BCUT2D eigenvalue weighted by atomic mass is 16.5. The Kier molecular flexibility index (Phi) is 4.70. The molecule has 1 aromatic carbocycles. The minimum Gasteiger partial charge on any atom is -0.489 e. The second-order valence-corrected chi connectivity index (χ2v) is 7.29. The third-order valence-corrected chi connectivity index (χ3v) is 5.25. The van der Waals surface area contributed by atoms with E-state index in [1.54, 1.807) is 0 Å². The lowest BCUT2D eigenvalue weighted by Crippen LogP contribution is -2.34. The number of benzene rings is 1. The van der Waals surface area contributed by atoms with E-state index < -0.39 is 5.54 Å². The lowest BCUT2D eigenvalue weighted by molar-refractivity contribution is 0.301. The van der Waals surface area contributed by atoms with Crippen LogP contribution in [-0.4, -0.2) is 15.3 Å². The van der Waals surface area contributed by atoms with E-state index in [4.69, 9.17) is 19.5 Å². The van der Waals surface area contributed by atoms with Crippen LogP contribution in [0.25, 0.3) is 0 Å². The van der Waals surface area contributed by atoms with Gasteiger partial charge in [-0.1, -0.05) is 35.3 Å². The van der Waals surface area contributed by atoms with E-state index in [0.717, 1.165) is 54.0 Å². The zero-order valence-electron chi connectivity index (χ0n) is 15.7. The molecule has 1 aliphatic carbocycles. The molecular formula is C20H24N4O3. The van der Waals surface area contributed by atoms with Gasteiger partial charge in [-0.15, -0.1) is 0 Å². The fourth-order valence-corrected chi connectivity index (χ4v) is 3.50. The van der Waals surface area contributed by atoms with Crippen molar-refractivity contribution in [1.82, 2.24) is 15.3 Å². The van der Waals surface area contributed by atoms with Crippen LogP contribution in [0.15, 0.2) is 33.3 Å². The lowest BCUT2D eigenvalue weighted by Gasteiger charge is -2.17. The third-order valence-electron chi connectivity index (χ3n) is 5.25. The van der Waals surface area contributed by atoms with Gasteiger partial charge in [0.05, 0.1) is 23.2 Å². The van der Waals surface area contributed by atoms with E-state index in [-0.39, 0.29) is 0 Å². The predicted octanol–water partition coefficient (Wildman–Crippen LogP) is 3.57. The van der Waals surface area contributed by atoms with E-state index in [1.165, 1.54) is 0 Å².